The molecule has 3 fully saturated rings. The molecule has 3 saturated heterocycles. The summed E-state index contributed by atoms with van der Waals surface area (Å²) in [5.74, 6) is 0.615. The lowest BCUT2D eigenvalue weighted by atomic mass is 9.84. The van der Waals surface area contributed by atoms with Gasteiger partial charge in [-0.3, -0.25) is 4.90 Å². The van der Waals surface area contributed by atoms with Crippen LogP contribution in [0.25, 0.3) is 11.1 Å². The van der Waals surface area contributed by atoms with E-state index in [4.69, 9.17) is 4.74 Å². The van der Waals surface area contributed by atoms with E-state index in [1.807, 2.05) is 12.4 Å². The molecule has 1 spiro atoms. The van der Waals surface area contributed by atoms with Crippen molar-refractivity contribution in [3.05, 3.63) is 48.5 Å². The van der Waals surface area contributed by atoms with E-state index in [9.17, 15) is 0 Å². The zero-order valence-electron chi connectivity index (χ0n) is 15.1. The summed E-state index contributed by atoms with van der Waals surface area (Å²) < 4.78 is 6.11. The van der Waals surface area contributed by atoms with Gasteiger partial charge in [-0.2, -0.15) is 0 Å². The monoisotopic (exact) mass is 350 g/mol. The van der Waals surface area contributed by atoms with Gasteiger partial charge in [-0.25, -0.2) is 9.97 Å². The summed E-state index contributed by atoms with van der Waals surface area (Å²) in [5, 5.41) is 3.36. The van der Waals surface area contributed by atoms with Crippen molar-refractivity contribution in [1.82, 2.24) is 20.2 Å². The fourth-order valence-electron chi connectivity index (χ4n) is 4.83. The molecule has 1 aromatic heterocycles. The molecule has 1 atom stereocenters. The minimum absolute atomic E-state index is 0.154. The second kappa shape index (κ2) is 6.72. The highest BCUT2D eigenvalue weighted by molar-refractivity contribution is 5.66. The van der Waals surface area contributed by atoms with Gasteiger partial charge in [0.15, 0.2) is 0 Å². The Morgan fingerprint density at radius 3 is 2.54 bits per heavy atom. The van der Waals surface area contributed by atoms with Crippen LogP contribution in [0.5, 0.6) is 0 Å². The molecule has 5 nitrogen and oxygen atoms in total. The number of nitrogens with zero attached hydrogens (tertiary/aromatic N) is 3. The third-order valence-electron chi connectivity index (χ3n) is 6.40. The fourth-order valence-corrected chi connectivity index (χ4v) is 4.83. The molecule has 0 radical (unpaired) electrons. The summed E-state index contributed by atoms with van der Waals surface area (Å²) in [6, 6.07) is 9.38. The molecule has 0 aliphatic carbocycles. The lowest BCUT2D eigenvalue weighted by Crippen LogP contribution is -2.59. The number of hydrogen-bond acceptors (Lipinski definition) is 5. The maximum Gasteiger partial charge on any atom is 0.115 e. The van der Waals surface area contributed by atoms with Gasteiger partial charge < -0.3 is 10.1 Å². The molecular formula is C21H26N4O. The summed E-state index contributed by atoms with van der Waals surface area (Å²) in [7, 11) is 0. The minimum Gasteiger partial charge on any atom is -0.371 e. The molecule has 2 aromatic rings. The van der Waals surface area contributed by atoms with Crippen LogP contribution in [-0.2, 0) is 4.74 Å². The molecule has 3 aliphatic rings. The topological polar surface area (TPSA) is 50.3 Å². The van der Waals surface area contributed by atoms with Gasteiger partial charge in [0.05, 0.1) is 12.2 Å². The van der Waals surface area contributed by atoms with Gasteiger partial charge in [-0.15, -0.1) is 0 Å². The molecule has 0 amide bonds. The minimum atomic E-state index is 0.154. The zero-order chi connectivity index (χ0) is 17.4. The molecule has 26 heavy (non-hydrogen) atoms. The van der Waals surface area contributed by atoms with Crippen molar-refractivity contribution in [2.75, 3.05) is 32.8 Å². The Kier molecular flexibility index (Phi) is 4.23. The lowest BCUT2D eigenvalue weighted by Gasteiger charge is -2.40. The smallest absolute Gasteiger partial charge is 0.115 e. The van der Waals surface area contributed by atoms with Gasteiger partial charge in [-0.1, -0.05) is 24.3 Å². The molecular weight excluding hydrogens is 324 g/mol. The Morgan fingerprint density at radius 1 is 1.08 bits per heavy atom. The highest BCUT2D eigenvalue weighted by atomic mass is 16.5. The first-order chi connectivity index (χ1) is 12.8. The Morgan fingerprint density at radius 2 is 1.85 bits per heavy atom. The quantitative estimate of drug-likeness (QED) is 0.921. The van der Waals surface area contributed by atoms with E-state index in [-0.39, 0.29) is 5.60 Å². The number of rotatable bonds is 3. The molecule has 4 heterocycles. The van der Waals surface area contributed by atoms with Crippen LogP contribution in [0.15, 0.2) is 43.0 Å². The predicted molar refractivity (Wildman–Crippen MR) is 101 cm³/mol. The Balaban J connectivity index is 1.28. The van der Waals surface area contributed by atoms with E-state index in [1.165, 1.54) is 43.5 Å². The zero-order valence-corrected chi connectivity index (χ0v) is 15.1. The lowest BCUT2D eigenvalue weighted by molar-refractivity contribution is -0.0367. The number of ether oxygens (including phenoxy) is 1. The first kappa shape index (κ1) is 16.4. The van der Waals surface area contributed by atoms with Gasteiger partial charge in [0.2, 0.25) is 0 Å². The normalized spacial score (nSPS) is 26.1. The highest BCUT2D eigenvalue weighted by Gasteiger charge is 2.47. The SMILES string of the molecule is c1ccc(C2CCN([C@@H]3COC4(CNC4)C3)CC2)c(-c2cncnc2)c1. The van der Waals surface area contributed by atoms with Crippen LogP contribution in [0.4, 0.5) is 0 Å². The maximum atomic E-state index is 6.11. The largest absolute Gasteiger partial charge is 0.371 e. The highest BCUT2D eigenvalue weighted by Crippen LogP contribution is 2.38. The van der Waals surface area contributed by atoms with Crippen molar-refractivity contribution in [1.29, 1.82) is 0 Å². The number of hydrogen-bond donors (Lipinski definition) is 1. The third kappa shape index (κ3) is 2.94. The van der Waals surface area contributed by atoms with E-state index in [2.05, 4.69) is 44.5 Å². The second-order valence-electron chi connectivity index (χ2n) is 7.98. The van der Waals surface area contributed by atoms with E-state index >= 15 is 0 Å². The van der Waals surface area contributed by atoms with Crippen LogP contribution in [0.2, 0.25) is 0 Å². The van der Waals surface area contributed by atoms with Gasteiger partial charge in [0.1, 0.15) is 6.33 Å². The molecule has 3 aliphatic heterocycles. The van der Waals surface area contributed by atoms with Crippen molar-refractivity contribution in [3.8, 4) is 11.1 Å². The average Bonchev–Trinajstić information content (AvgIpc) is 3.15. The van der Waals surface area contributed by atoms with Crippen LogP contribution >= 0.6 is 0 Å². The third-order valence-corrected chi connectivity index (χ3v) is 6.40. The van der Waals surface area contributed by atoms with Crippen molar-refractivity contribution in [3.63, 3.8) is 0 Å². The summed E-state index contributed by atoms with van der Waals surface area (Å²) in [6.07, 6.45) is 9.06. The summed E-state index contributed by atoms with van der Waals surface area (Å²) >= 11 is 0. The van der Waals surface area contributed by atoms with Gasteiger partial charge in [0, 0.05) is 37.1 Å². The number of likely N-dealkylation sites (tertiary alicyclic amines) is 1. The van der Waals surface area contributed by atoms with Crippen molar-refractivity contribution >= 4 is 0 Å². The first-order valence-corrected chi connectivity index (χ1v) is 9.76. The van der Waals surface area contributed by atoms with E-state index in [1.54, 1.807) is 6.33 Å². The van der Waals surface area contributed by atoms with Gasteiger partial charge in [-0.05, 0) is 49.4 Å². The average molecular weight is 350 g/mol. The molecule has 5 rings (SSSR count). The van der Waals surface area contributed by atoms with Crippen LogP contribution in [-0.4, -0.2) is 59.3 Å². The van der Waals surface area contributed by atoms with E-state index in [0.717, 1.165) is 25.3 Å². The van der Waals surface area contributed by atoms with Gasteiger partial charge >= 0.3 is 0 Å². The molecule has 0 saturated carbocycles. The summed E-state index contributed by atoms with van der Waals surface area (Å²) in [6.45, 7) is 5.31. The van der Waals surface area contributed by atoms with Crippen LogP contribution in [0.3, 0.4) is 0 Å². The van der Waals surface area contributed by atoms with Crippen LogP contribution in [0, 0.1) is 0 Å². The number of benzene rings is 1. The standard InChI is InChI=1S/C21H26N4O/c1-2-4-20(17-10-22-15-23-11-17)19(3-1)16-5-7-25(8-6-16)18-9-21(26-12-18)13-24-14-21/h1-4,10-11,15-16,18,24H,5-9,12-14H2/t18-/m0/s1. The van der Waals surface area contributed by atoms with E-state index in [0.29, 0.717) is 12.0 Å². The van der Waals surface area contributed by atoms with Crippen molar-refractivity contribution in [2.45, 2.75) is 36.8 Å². The first-order valence-electron chi connectivity index (χ1n) is 9.76. The van der Waals surface area contributed by atoms with Crippen molar-refractivity contribution < 1.29 is 4.74 Å². The Hall–Kier alpha value is -1.82. The molecule has 0 bridgehead atoms. The number of nitrogens with one attached hydrogen (secondary N) is 1. The molecule has 5 heteroatoms. The molecule has 1 aromatic carbocycles. The Labute approximate surface area is 154 Å². The Bertz CT molecular complexity index is 754. The molecule has 1 N–H and O–H groups in total. The summed E-state index contributed by atoms with van der Waals surface area (Å²) in [4.78, 5) is 11.1. The summed E-state index contributed by atoms with van der Waals surface area (Å²) in [5.41, 5.74) is 4.01. The predicted octanol–water partition coefficient (Wildman–Crippen LogP) is 2.45. The second-order valence-corrected chi connectivity index (χ2v) is 7.98. The molecule has 136 valence electrons. The molecule has 0 unspecified atom stereocenters. The number of aromatic nitrogens is 2. The van der Waals surface area contributed by atoms with E-state index < -0.39 is 0 Å². The fraction of sp³-hybridized carbons (Fsp3) is 0.524. The number of piperidine rings is 1. The van der Waals surface area contributed by atoms with Crippen LogP contribution in [0.1, 0.15) is 30.7 Å². The van der Waals surface area contributed by atoms with Crippen LogP contribution < -0.4 is 5.32 Å². The van der Waals surface area contributed by atoms with Gasteiger partial charge in [0.25, 0.3) is 0 Å². The van der Waals surface area contributed by atoms with Crippen molar-refractivity contribution in [2.24, 2.45) is 0 Å². The maximum absolute atomic E-state index is 6.11.